The zero-order valence-corrected chi connectivity index (χ0v) is 15.1. The topological polar surface area (TPSA) is 52.2 Å². The normalized spacial score (nSPS) is 20.3. The predicted molar refractivity (Wildman–Crippen MR) is 102 cm³/mol. The summed E-state index contributed by atoms with van der Waals surface area (Å²) in [4.78, 5) is 16.7. The number of aromatic amines is 1. The number of carbonyl (C=O) groups excluding carboxylic acids is 1. The minimum Gasteiger partial charge on any atom is -0.322 e. The van der Waals surface area contributed by atoms with Crippen LogP contribution in [0.5, 0.6) is 0 Å². The lowest BCUT2D eigenvalue weighted by molar-refractivity contribution is 0.199. The van der Waals surface area contributed by atoms with Gasteiger partial charge in [-0.1, -0.05) is 43.3 Å². The third-order valence-corrected chi connectivity index (χ3v) is 5.29. The fourth-order valence-corrected chi connectivity index (χ4v) is 3.80. The van der Waals surface area contributed by atoms with Crippen molar-refractivity contribution in [1.29, 1.82) is 0 Å². The van der Waals surface area contributed by atoms with Crippen molar-refractivity contribution in [3.05, 3.63) is 71.7 Å². The van der Waals surface area contributed by atoms with E-state index in [1.165, 1.54) is 11.1 Å². The second kappa shape index (κ2) is 7.20. The highest BCUT2D eigenvalue weighted by atomic mass is 16.2. The van der Waals surface area contributed by atoms with Crippen LogP contribution in [0.15, 0.2) is 60.6 Å². The van der Waals surface area contributed by atoms with E-state index in [1.807, 2.05) is 40.4 Å². The zero-order valence-electron chi connectivity index (χ0n) is 15.1. The maximum Gasteiger partial charge on any atom is 0.324 e. The van der Waals surface area contributed by atoms with Gasteiger partial charge in [0.25, 0.3) is 0 Å². The van der Waals surface area contributed by atoms with E-state index < -0.39 is 0 Å². The van der Waals surface area contributed by atoms with Crippen LogP contribution in [0.3, 0.4) is 0 Å². The molecule has 4 rings (SSSR count). The van der Waals surface area contributed by atoms with E-state index in [0.717, 1.165) is 43.7 Å². The molecule has 2 aromatic rings. The van der Waals surface area contributed by atoms with Crippen molar-refractivity contribution in [2.75, 3.05) is 19.6 Å². The first-order valence-electron chi connectivity index (χ1n) is 9.22. The van der Waals surface area contributed by atoms with Crippen molar-refractivity contribution in [2.45, 2.75) is 19.8 Å². The number of allylic oxidation sites excluding steroid dienone is 4. The highest BCUT2D eigenvalue weighted by Gasteiger charge is 2.32. The summed E-state index contributed by atoms with van der Waals surface area (Å²) in [5.41, 5.74) is 4.80. The van der Waals surface area contributed by atoms with E-state index in [0.29, 0.717) is 5.92 Å². The van der Waals surface area contributed by atoms with Gasteiger partial charge in [0.15, 0.2) is 0 Å². The van der Waals surface area contributed by atoms with Gasteiger partial charge < -0.3 is 4.90 Å². The van der Waals surface area contributed by atoms with Crippen molar-refractivity contribution in [2.24, 2.45) is 5.92 Å². The Bertz CT molecular complexity index is 823. The number of benzene rings is 1. The fourth-order valence-electron chi connectivity index (χ4n) is 3.80. The number of H-pyrrole nitrogens is 1. The first-order chi connectivity index (χ1) is 12.7. The van der Waals surface area contributed by atoms with E-state index in [2.05, 4.69) is 41.4 Å². The van der Waals surface area contributed by atoms with Crippen LogP contribution in [-0.4, -0.2) is 45.7 Å². The molecule has 1 aliphatic heterocycles. The van der Waals surface area contributed by atoms with Gasteiger partial charge in [0, 0.05) is 37.1 Å². The Morgan fingerprint density at radius 2 is 2.04 bits per heavy atom. The SMILES string of the molecule is CC1CC(N2CCN(CCc3ccccc3)C2=O)=CC=C1c1cn[nH]c1. The first kappa shape index (κ1) is 16.6. The number of urea groups is 1. The molecule has 2 aliphatic rings. The number of hydrogen-bond acceptors (Lipinski definition) is 2. The molecule has 1 N–H and O–H groups in total. The Morgan fingerprint density at radius 3 is 2.77 bits per heavy atom. The minimum absolute atomic E-state index is 0.138. The Hall–Kier alpha value is -2.82. The molecule has 1 atom stereocenters. The molecule has 1 aliphatic carbocycles. The third kappa shape index (κ3) is 3.29. The Balaban J connectivity index is 1.42. The molecular formula is C21H24N4O. The number of nitrogens with zero attached hydrogens (tertiary/aromatic N) is 3. The maximum atomic E-state index is 12.8. The van der Waals surface area contributed by atoms with Crippen molar-refractivity contribution in [3.63, 3.8) is 0 Å². The fraction of sp³-hybridized carbons (Fsp3) is 0.333. The summed E-state index contributed by atoms with van der Waals surface area (Å²) in [6.45, 7) is 4.56. The molecule has 0 saturated carbocycles. The number of hydrogen-bond donors (Lipinski definition) is 1. The zero-order chi connectivity index (χ0) is 17.9. The van der Waals surface area contributed by atoms with E-state index >= 15 is 0 Å². The number of nitrogens with one attached hydrogen (secondary N) is 1. The molecule has 2 heterocycles. The first-order valence-corrected chi connectivity index (χ1v) is 9.22. The van der Waals surface area contributed by atoms with Gasteiger partial charge in [-0.05, 0) is 36.0 Å². The van der Waals surface area contributed by atoms with Crippen molar-refractivity contribution >= 4 is 11.6 Å². The lowest BCUT2D eigenvalue weighted by atomic mass is 9.87. The summed E-state index contributed by atoms with van der Waals surface area (Å²) in [6, 6.07) is 10.5. The maximum absolute atomic E-state index is 12.8. The second-order valence-corrected chi connectivity index (χ2v) is 7.03. The molecule has 5 nitrogen and oxygen atoms in total. The number of rotatable bonds is 5. The van der Waals surface area contributed by atoms with Gasteiger partial charge in [-0.25, -0.2) is 4.79 Å². The molecule has 1 fully saturated rings. The molecule has 5 heteroatoms. The van der Waals surface area contributed by atoms with E-state index in [1.54, 1.807) is 0 Å². The average molecular weight is 348 g/mol. The summed E-state index contributed by atoms with van der Waals surface area (Å²) in [5.74, 6) is 0.374. The van der Waals surface area contributed by atoms with E-state index in [9.17, 15) is 4.79 Å². The van der Waals surface area contributed by atoms with Crippen LogP contribution in [0.1, 0.15) is 24.5 Å². The number of aromatic nitrogens is 2. The molecule has 134 valence electrons. The van der Waals surface area contributed by atoms with Gasteiger partial charge in [0.1, 0.15) is 0 Å². The van der Waals surface area contributed by atoms with Gasteiger partial charge in [0.05, 0.1) is 6.20 Å². The highest BCUT2D eigenvalue weighted by Crippen LogP contribution is 2.34. The van der Waals surface area contributed by atoms with Crippen LogP contribution >= 0.6 is 0 Å². The Labute approximate surface area is 154 Å². The van der Waals surface area contributed by atoms with Crippen LogP contribution in [-0.2, 0) is 6.42 Å². The average Bonchev–Trinajstić information content (AvgIpc) is 3.31. The van der Waals surface area contributed by atoms with E-state index in [-0.39, 0.29) is 6.03 Å². The second-order valence-electron chi connectivity index (χ2n) is 7.03. The summed E-state index contributed by atoms with van der Waals surface area (Å²) in [6.07, 6.45) is 9.80. The van der Waals surface area contributed by atoms with Gasteiger partial charge >= 0.3 is 6.03 Å². The van der Waals surface area contributed by atoms with Gasteiger partial charge in [0.2, 0.25) is 0 Å². The molecule has 0 radical (unpaired) electrons. The van der Waals surface area contributed by atoms with Crippen LogP contribution < -0.4 is 0 Å². The van der Waals surface area contributed by atoms with Gasteiger partial charge in [-0.2, -0.15) is 5.10 Å². The summed E-state index contributed by atoms with van der Waals surface area (Å²) in [7, 11) is 0. The van der Waals surface area contributed by atoms with E-state index in [4.69, 9.17) is 0 Å². The van der Waals surface area contributed by atoms with Crippen molar-refractivity contribution in [3.8, 4) is 0 Å². The largest absolute Gasteiger partial charge is 0.324 e. The van der Waals surface area contributed by atoms with Crippen LogP contribution in [0, 0.1) is 5.92 Å². The van der Waals surface area contributed by atoms with Crippen LogP contribution in [0.2, 0.25) is 0 Å². The lowest BCUT2D eigenvalue weighted by Crippen LogP contribution is -2.33. The highest BCUT2D eigenvalue weighted by molar-refractivity contribution is 5.79. The van der Waals surface area contributed by atoms with Crippen molar-refractivity contribution in [1.82, 2.24) is 20.0 Å². The third-order valence-electron chi connectivity index (χ3n) is 5.29. The molecule has 1 aromatic carbocycles. The summed E-state index contributed by atoms with van der Waals surface area (Å²) >= 11 is 0. The minimum atomic E-state index is 0.138. The van der Waals surface area contributed by atoms with Crippen molar-refractivity contribution < 1.29 is 4.79 Å². The molecule has 26 heavy (non-hydrogen) atoms. The van der Waals surface area contributed by atoms with Gasteiger partial charge in [-0.15, -0.1) is 0 Å². The van der Waals surface area contributed by atoms with Crippen LogP contribution in [0.25, 0.3) is 5.57 Å². The molecule has 0 spiro atoms. The predicted octanol–water partition coefficient (Wildman–Crippen LogP) is 3.70. The number of carbonyl (C=O) groups is 1. The molecule has 1 unspecified atom stereocenters. The Kier molecular flexibility index (Phi) is 4.61. The van der Waals surface area contributed by atoms with Gasteiger partial charge in [-0.3, -0.25) is 10.00 Å². The quantitative estimate of drug-likeness (QED) is 0.896. The smallest absolute Gasteiger partial charge is 0.322 e. The number of amides is 2. The molecular weight excluding hydrogens is 324 g/mol. The molecule has 2 amide bonds. The molecule has 1 aromatic heterocycles. The lowest BCUT2D eigenvalue weighted by Gasteiger charge is -2.27. The monoisotopic (exact) mass is 348 g/mol. The van der Waals surface area contributed by atoms with Crippen LogP contribution in [0.4, 0.5) is 4.79 Å². The Morgan fingerprint density at radius 1 is 1.19 bits per heavy atom. The standard InChI is InChI=1S/C21H24N4O/c1-16-13-19(7-8-20(16)18-14-22-23-15-18)25-12-11-24(21(25)26)10-9-17-5-3-2-4-6-17/h2-8,14-16H,9-13H2,1H3,(H,22,23). The molecule has 0 bridgehead atoms. The summed E-state index contributed by atoms with van der Waals surface area (Å²) < 4.78 is 0. The summed E-state index contributed by atoms with van der Waals surface area (Å²) in [5, 5.41) is 6.91. The molecule has 1 saturated heterocycles.